The highest BCUT2D eigenvalue weighted by molar-refractivity contribution is 5.64. The molecule has 0 unspecified atom stereocenters. The van der Waals surface area contributed by atoms with Crippen molar-refractivity contribution in [1.82, 2.24) is 10.2 Å². The molecule has 1 aliphatic heterocycles. The summed E-state index contributed by atoms with van der Waals surface area (Å²) < 4.78 is 17.4. The van der Waals surface area contributed by atoms with E-state index >= 15 is 0 Å². The zero-order valence-corrected chi connectivity index (χ0v) is 15.6. The molecule has 3 aromatic rings. The van der Waals surface area contributed by atoms with Crippen molar-refractivity contribution in [2.45, 2.75) is 19.6 Å². The Labute approximate surface area is 164 Å². The first kappa shape index (κ1) is 18.2. The Morgan fingerprint density at radius 3 is 2.14 bits per heavy atom. The van der Waals surface area contributed by atoms with Crippen LogP contribution in [0.1, 0.15) is 23.2 Å². The fraction of sp³-hybridized carbons (Fsp3) is 0.217. The van der Waals surface area contributed by atoms with Crippen LogP contribution in [0.15, 0.2) is 72.8 Å². The topological polar surface area (TPSA) is 53.5 Å². The second-order valence-electron chi connectivity index (χ2n) is 6.50. The van der Waals surface area contributed by atoms with Crippen LogP contribution in [0.3, 0.4) is 0 Å². The predicted molar refractivity (Wildman–Crippen MR) is 107 cm³/mol. The molecule has 0 spiro atoms. The summed E-state index contributed by atoms with van der Waals surface area (Å²) in [6, 6.07) is 21.9. The van der Waals surface area contributed by atoms with Crippen molar-refractivity contribution in [3.63, 3.8) is 0 Å². The number of ether oxygens (including phenoxy) is 3. The minimum absolute atomic E-state index is 0.399. The van der Waals surface area contributed by atoms with Gasteiger partial charge < -0.3 is 14.2 Å². The molecule has 0 fully saturated rings. The lowest BCUT2D eigenvalue weighted by molar-refractivity contribution is 0.161. The molecule has 0 aliphatic carbocycles. The van der Waals surface area contributed by atoms with Crippen LogP contribution in [0, 0.1) is 0 Å². The van der Waals surface area contributed by atoms with E-state index in [0.29, 0.717) is 38.1 Å². The molecule has 1 aromatic heterocycles. The van der Waals surface area contributed by atoms with Gasteiger partial charge in [-0.2, -0.15) is 0 Å². The average Bonchev–Trinajstić information content (AvgIpc) is 2.78. The summed E-state index contributed by atoms with van der Waals surface area (Å²) in [5.41, 5.74) is 4.08. The SMILES string of the molecule is C1=C(c2cc(OCc3ccccc3)c(OCc3ccccc3)nn2)CCOC1. The van der Waals surface area contributed by atoms with Crippen molar-refractivity contribution in [2.24, 2.45) is 0 Å². The van der Waals surface area contributed by atoms with E-state index in [9.17, 15) is 0 Å². The molecule has 2 heterocycles. The molecule has 0 saturated carbocycles. The van der Waals surface area contributed by atoms with E-state index in [2.05, 4.69) is 10.2 Å². The van der Waals surface area contributed by atoms with Gasteiger partial charge in [-0.3, -0.25) is 0 Å². The summed E-state index contributed by atoms with van der Waals surface area (Å²) in [7, 11) is 0. The lowest BCUT2D eigenvalue weighted by atomic mass is 10.1. The molecule has 1 aliphatic rings. The molecule has 5 heteroatoms. The van der Waals surface area contributed by atoms with E-state index in [-0.39, 0.29) is 0 Å². The van der Waals surface area contributed by atoms with Crippen LogP contribution >= 0.6 is 0 Å². The third-order valence-electron chi connectivity index (χ3n) is 4.48. The number of rotatable bonds is 7. The molecular formula is C23H22N2O3. The highest BCUT2D eigenvalue weighted by Crippen LogP contribution is 2.30. The quantitative estimate of drug-likeness (QED) is 0.612. The second kappa shape index (κ2) is 9.15. The predicted octanol–water partition coefficient (Wildman–Crippen LogP) is 4.44. The maximum Gasteiger partial charge on any atom is 0.276 e. The smallest absolute Gasteiger partial charge is 0.276 e. The maximum absolute atomic E-state index is 6.06. The molecule has 0 bridgehead atoms. The Kier molecular flexibility index (Phi) is 5.95. The van der Waals surface area contributed by atoms with Gasteiger partial charge in [-0.25, -0.2) is 0 Å². The van der Waals surface area contributed by atoms with Crippen LogP contribution in [0.5, 0.6) is 11.6 Å². The van der Waals surface area contributed by atoms with E-state index in [4.69, 9.17) is 14.2 Å². The summed E-state index contributed by atoms with van der Waals surface area (Å²) in [6.45, 7) is 2.15. The molecular weight excluding hydrogens is 352 g/mol. The van der Waals surface area contributed by atoms with E-state index < -0.39 is 0 Å². The highest BCUT2D eigenvalue weighted by atomic mass is 16.5. The third kappa shape index (κ3) is 4.75. The van der Waals surface area contributed by atoms with Gasteiger partial charge in [0.25, 0.3) is 5.88 Å². The number of nitrogens with zero attached hydrogens (tertiary/aromatic N) is 2. The van der Waals surface area contributed by atoms with Gasteiger partial charge >= 0.3 is 0 Å². The first-order chi connectivity index (χ1) is 13.9. The summed E-state index contributed by atoms with van der Waals surface area (Å²) in [6.07, 6.45) is 2.86. The number of aromatic nitrogens is 2. The number of hydrogen-bond acceptors (Lipinski definition) is 5. The summed E-state index contributed by atoms with van der Waals surface area (Å²) in [5, 5.41) is 8.65. The van der Waals surface area contributed by atoms with Crippen LogP contribution in [0.25, 0.3) is 5.57 Å². The van der Waals surface area contributed by atoms with Crippen LogP contribution < -0.4 is 9.47 Å². The van der Waals surface area contributed by atoms with Crippen LogP contribution in [0.4, 0.5) is 0 Å². The molecule has 28 heavy (non-hydrogen) atoms. The van der Waals surface area contributed by atoms with Gasteiger partial charge in [0.05, 0.1) is 18.9 Å². The van der Waals surface area contributed by atoms with Gasteiger partial charge in [0.2, 0.25) is 0 Å². The number of benzene rings is 2. The van der Waals surface area contributed by atoms with E-state index in [1.165, 1.54) is 0 Å². The standard InChI is InChI=1S/C23H22N2O3/c1-3-7-18(8-4-1)16-27-22-15-21(20-11-13-26-14-12-20)24-25-23(22)28-17-19-9-5-2-6-10-19/h1-11,15H,12-14,16-17H2. The minimum atomic E-state index is 0.399. The van der Waals surface area contributed by atoms with E-state index in [0.717, 1.165) is 28.8 Å². The van der Waals surface area contributed by atoms with Gasteiger partial charge in [0.1, 0.15) is 13.2 Å². The van der Waals surface area contributed by atoms with Crippen molar-refractivity contribution in [3.8, 4) is 11.6 Å². The zero-order chi connectivity index (χ0) is 19.0. The van der Waals surface area contributed by atoms with Crippen LogP contribution in [-0.2, 0) is 18.0 Å². The summed E-state index contributed by atoms with van der Waals surface area (Å²) in [4.78, 5) is 0. The van der Waals surface area contributed by atoms with Crippen molar-refractivity contribution in [1.29, 1.82) is 0 Å². The average molecular weight is 374 g/mol. The van der Waals surface area contributed by atoms with Crippen LogP contribution in [0.2, 0.25) is 0 Å². The van der Waals surface area contributed by atoms with Gasteiger partial charge in [-0.1, -0.05) is 66.7 Å². The molecule has 0 radical (unpaired) electrons. The Hall–Kier alpha value is -3.18. The first-order valence-corrected chi connectivity index (χ1v) is 9.37. The van der Waals surface area contributed by atoms with Crippen LogP contribution in [-0.4, -0.2) is 23.4 Å². The van der Waals surface area contributed by atoms with Crippen molar-refractivity contribution < 1.29 is 14.2 Å². The summed E-state index contributed by atoms with van der Waals surface area (Å²) in [5.74, 6) is 0.994. The fourth-order valence-corrected chi connectivity index (χ4v) is 2.94. The minimum Gasteiger partial charge on any atom is -0.483 e. The molecule has 0 atom stereocenters. The molecule has 0 amide bonds. The van der Waals surface area contributed by atoms with Gasteiger partial charge in [0.15, 0.2) is 5.75 Å². The Morgan fingerprint density at radius 2 is 1.50 bits per heavy atom. The second-order valence-corrected chi connectivity index (χ2v) is 6.50. The zero-order valence-electron chi connectivity index (χ0n) is 15.6. The van der Waals surface area contributed by atoms with Crippen molar-refractivity contribution >= 4 is 5.57 Å². The third-order valence-corrected chi connectivity index (χ3v) is 4.48. The molecule has 142 valence electrons. The molecule has 4 rings (SSSR count). The first-order valence-electron chi connectivity index (χ1n) is 9.37. The molecule has 0 N–H and O–H groups in total. The van der Waals surface area contributed by atoms with Gasteiger partial charge in [0, 0.05) is 6.07 Å². The van der Waals surface area contributed by atoms with Gasteiger partial charge in [-0.05, 0) is 23.1 Å². The lowest BCUT2D eigenvalue weighted by Gasteiger charge is -2.15. The van der Waals surface area contributed by atoms with E-state index in [1.54, 1.807) is 0 Å². The summed E-state index contributed by atoms with van der Waals surface area (Å²) >= 11 is 0. The Morgan fingerprint density at radius 1 is 0.821 bits per heavy atom. The van der Waals surface area contributed by atoms with Gasteiger partial charge in [-0.15, -0.1) is 10.2 Å². The molecule has 5 nitrogen and oxygen atoms in total. The monoisotopic (exact) mass is 374 g/mol. The lowest BCUT2D eigenvalue weighted by Crippen LogP contribution is -2.08. The fourth-order valence-electron chi connectivity index (χ4n) is 2.94. The normalized spacial score (nSPS) is 13.6. The molecule has 2 aromatic carbocycles. The maximum atomic E-state index is 6.06. The Bertz CT molecular complexity index is 927. The highest BCUT2D eigenvalue weighted by Gasteiger charge is 2.15. The molecule has 0 saturated heterocycles. The van der Waals surface area contributed by atoms with Crippen molar-refractivity contribution in [3.05, 3.63) is 89.6 Å². The number of hydrogen-bond donors (Lipinski definition) is 0. The van der Waals surface area contributed by atoms with Crippen molar-refractivity contribution in [2.75, 3.05) is 13.2 Å². The largest absolute Gasteiger partial charge is 0.483 e. The van der Waals surface area contributed by atoms with E-state index in [1.807, 2.05) is 72.8 Å². The Balaban J connectivity index is 1.55.